The second kappa shape index (κ2) is 7.82. The number of halogens is 2. The van der Waals surface area contributed by atoms with Gasteiger partial charge < -0.3 is 5.32 Å². The first-order valence-electron chi connectivity index (χ1n) is 6.96. The SMILES string of the molecule is CCCCC(C)NS(=O)(=O)c1cc(CNC)cc(F)c1F. The Balaban J connectivity index is 3.06. The van der Waals surface area contributed by atoms with Crippen molar-refractivity contribution in [2.75, 3.05) is 7.05 Å². The van der Waals surface area contributed by atoms with Gasteiger partial charge in [0.15, 0.2) is 11.6 Å². The third-order valence-electron chi connectivity index (χ3n) is 3.07. The van der Waals surface area contributed by atoms with Crippen molar-refractivity contribution in [3.63, 3.8) is 0 Å². The van der Waals surface area contributed by atoms with Crippen LogP contribution in [-0.2, 0) is 16.6 Å². The molecule has 0 aliphatic carbocycles. The van der Waals surface area contributed by atoms with Gasteiger partial charge in [-0.05, 0) is 38.1 Å². The molecule has 0 spiro atoms. The van der Waals surface area contributed by atoms with Gasteiger partial charge in [0.2, 0.25) is 10.0 Å². The monoisotopic (exact) mass is 320 g/mol. The topological polar surface area (TPSA) is 58.2 Å². The van der Waals surface area contributed by atoms with Crippen LogP contribution in [0.4, 0.5) is 8.78 Å². The Bertz CT molecular complexity index is 577. The molecule has 0 saturated heterocycles. The molecule has 1 unspecified atom stereocenters. The van der Waals surface area contributed by atoms with Crippen molar-refractivity contribution < 1.29 is 17.2 Å². The van der Waals surface area contributed by atoms with Gasteiger partial charge in [0.25, 0.3) is 0 Å². The molecule has 120 valence electrons. The maximum atomic E-state index is 13.8. The van der Waals surface area contributed by atoms with Crippen LogP contribution in [0.1, 0.15) is 38.7 Å². The zero-order chi connectivity index (χ0) is 16.0. The van der Waals surface area contributed by atoms with E-state index in [1.807, 2.05) is 6.92 Å². The van der Waals surface area contributed by atoms with Gasteiger partial charge in [-0.15, -0.1) is 0 Å². The van der Waals surface area contributed by atoms with E-state index in [0.717, 1.165) is 25.0 Å². The summed E-state index contributed by atoms with van der Waals surface area (Å²) in [5.41, 5.74) is 0.373. The Labute approximate surface area is 125 Å². The van der Waals surface area contributed by atoms with E-state index in [1.54, 1.807) is 14.0 Å². The van der Waals surface area contributed by atoms with E-state index < -0.39 is 26.6 Å². The molecule has 0 heterocycles. The van der Waals surface area contributed by atoms with Gasteiger partial charge in [0.05, 0.1) is 0 Å². The maximum absolute atomic E-state index is 13.8. The van der Waals surface area contributed by atoms with E-state index in [2.05, 4.69) is 10.0 Å². The first-order valence-corrected chi connectivity index (χ1v) is 8.45. The lowest BCUT2D eigenvalue weighted by atomic mass is 10.2. The second-order valence-electron chi connectivity index (χ2n) is 5.08. The number of hydrogen-bond acceptors (Lipinski definition) is 3. The van der Waals surface area contributed by atoms with Gasteiger partial charge in [-0.1, -0.05) is 19.8 Å². The van der Waals surface area contributed by atoms with Crippen LogP contribution in [0.5, 0.6) is 0 Å². The van der Waals surface area contributed by atoms with E-state index in [1.165, 1.54) is 0 Å². The molecule has 0 bridgehead atoms. The molecule has 4 nitrogen and oxygen atoms in total. The fourth-order valence-electron chi connectivity index (χ4n) is 2.02. The van der Waals surface area contributed by atoms with Gasteiger partial charge in [-0.25, -0.2) is 21.9 Å². The summed E-state index contributed by atoms with van der Waals surface area (Å²) >= 11 is 0. The van der Waals surface area contributed by atoms with Gasteiger partial charge in [0.1, 0.15) is 4.90 Å². The highest BCUT2D eigenvalue weighted by molar-refractivity contribution is 7.89. The van der Waals surface area contributed by atoms with Crippen LogP contribution in [0.2, 0.25) is 0 Å². The largest absolute Gasteiger partial charge is 0.316 e. The van der Waals surface area contributed by atoms with E-state index in [4.69, 9.17) is 0 Å². The van der Waals surface area contributed by atoms with Crippen LogP contribution in [0.3, 0.4) is 0 Å². The molecule has 0 aliphatic heterocycles. The normalized spacial score (nSPS) is 13.4. The lowest BCUT2D eigenvalue weighted by Gasteiger charge is -2.15. The summed E-state index contributed by atoms with van der Waals surface area (Å²) < 4.78 is 54.1. The molecule has 7 heteroatoms. The number of benzene rings is 1. The fraction of sp³-hybridized carbons (Fsp3) is 0.571. The Morgan fingerprint density at radius 1 is 1.29 bits per heavy atom. The summed E-state index contributed by atoms with van der Waals surface area (Å²) in [6, 6.07) is 1.82. The van der Waals surface area contributed by atoms with Crippen LogP contribution < -0.4 is 10.0 Å². The van der Waals surface area contributed by atoms with Crippen molar-refractivity contribution in [1.29, 1.82) is 0 Å². The molecular weight excluding hydrogens is 298 g/mol. The summed E-state index contributed by atoms with van der Waals surface area (Å²) in [5, 5.41) is 2.77. The highest BCUT2D eigenvalue weighted by Gasteiger charge is 2.24. The van der Waals surface area contributed by atoms with Gasteiger partial charge in [-0.2, -0.15) is 0 Å². The molecule has 0 aliphatic rings. The highest BCUT2D eigenvalue weighted by Crippen LogP contribution is 2.20. The third kappa shape index (κ3) is 5.01. The Kier molecular flexibility index (Phi) is 6.70. The quantitative estimate of drug-likeness (QED) is 0.774. The number of unbranched alkanes of at least 4 members (excludes halogenated alkanes) is 1. The number of hydrogen-bond donors (Lipinski definition) is 2. The van der Waals surface area contributed by atoms with Crippen molar-refractivity contribution in [2.45, 2.75) is 50.6 Å². The van der Waals surface area contributed by atoms with E-state index in [-0.39, 0.29) is 12.6 Å². The minimum absolute atomic E-state index is 0.255. The summed E-state index contributed by atoms with van der Waals surface area (Å²) in [6.07, 6.45) is 2.45. The molecule has 0 fully saturated rings. The predicted molar refractivity (Wildman–Crippen MR) is 78.4 cm³/mol. The van der Waals surface area contributed by atoms with Crippen LogP contribution >= 0.6 is 0 Å². The summed E-state index contributed by atoms with van der Waals surface area (Å²) in [6.45, 7) is 3.96. The second-order valence-corrected chi connectivity index (χ2v) is 6.77. The molecule has 2 N–H and O–H groups in total. The average molecular weight is 320 g/mol. The smallest absolute Gasteiger partial charge is 0.243 e. The Morgan fingerprint density at radius 3 is 2.52 bits per heavy atom. The van der Waals surface area contributed by atoms with Crippen molar-refractivity contribution in [3.05, 3.63) is 29.3 Å². The highest BCUT2D eigenvalue weighted by atomic mass is 32.2. The fourth-order valence-corrected chi connectivity index (χ4v) is 3.43. The first kappa shape index (κ1) is 18.0. The zero-order valence-corrected chi connectivity index (χ0v) is 13.4. The molecule has 0 saturated carbocycles. The van der Waals surface area contributed by atoms with Crippen LogP contribution in [0.15, 0.2) is 17.0 Å². The van der Waals surface area contributed by atoms with Crippen molar-refractivity contribution >= 4 is 10.0 Å². The lowest BCUT2D eigenvalue weighted by Crippen LogP contribution is -2.33. The van der Waals surface area contributed by atoms with E-state index >= 15 is 0 Å². The van der Waals surface area contributed by atoms with Gasteiger partial charge in [-0.3, -0.25) is 0 Å². The molecule has 1 rings (SSSR count). The molecule has 21 heavy (non-hydrogen) atoms. The van der Waals surface area contributed by atoms with Gasteiger partial charge in [0, 0.05) is 12.6 Å². The molecule has 1 aromatic rings. The number of sulfonamides is 1. The van der Waals surface area contributed by atoms with Gasteiger partial charge >= 0.3 is 0 Å². The van der Waals surface area contributed by atoms with Crippen LogP contribution in [0.25, 0.3) is 0 Å². The van der Waals surface area contributed by atoms with Crippen molar-refractivity contribution in [2.24, 2.45) is 0 Å². The zero-order valence-electron chi connectivity index (χ0n) is 12.5. The molecule has 1 atom stereocenters. The molecule has 1 aromatic carbocycles. The van der Waals surface area contributed by atoms with E-state index in [0.29, 0.717) is 12.0 Å². The number of nitrogens with one attached hydrogen (secondary N) is 2. The lowest BCUT2D eigenvalue weighted by molar-refractivity contribution is 0.477. The van der Waals surface area contributed by atoms with Crippen LogP contribution in [0, 0.1) is 11.6 Å². The first-order chi connectivity index (χ1) is 9.81. The number of rotatable bonds is 8. The minimum atomic E-state index is -4.08. The summed E-state index contributed by atoms with van der Waals surface area (Å²) in [4.78, 5) is -0.643. The van der Waals surface area contributed by atoms with Crippen molar-refractivity contribution in [3.8, 4) is 0 Å². The average Bonchev–Trinajstić information content (AvgIpc) is 2.40. The molecule has 0 radical (unpaired) electrons. The van der Waals surface area contributed by atoms with Crippen molar-refractivity contribution in [1.82, 2.24) is 10.0 Å². The molecule has 0 amide bonds. The minimum Gasteiger partial charge on any atom is -0.316 e. The summed E-state index contributed by atoms with van der Waals surface area (Å²) in [5.74, 6) is -2.51. The third-order valence-corrected chi connectivity index (χ3v) is 4.66. The van der Waals surface area contributed by atoms with E-state index in [9.17, 15) is 17.2 Å². The van der Waals surface area contributed by atoms with Crippen LogP contribution in [-0.4, -0.2) is 21.5 Å². The Morgan fingerprint density at radius 2 is 1.95 bits per heavy atom. The predicted octanol–water partition coefficient (Wildman–Crippen LogP) is 2.54. The Hall–Kier alpha value is -1.05. The standard InChI is InChI=1S/C14H22F2N2O2S/c1-4-5-6-10(2)18-21(19,20)13-8-11(9-17-3)7-12(15)14(13)16/h7-8,10,17-18H,4-6,9H2,1-3H3. The molecule has 0 aromatic heterocycles. The summed E-state index contributed by atoms with van der Waals surface area (Å²) in [7, 11) is -2.44. The maximum Gasteiger partial charge on any atom is 0.243 e. The molecular formula is C14H22F2N2O2S.